The molecule has 4 nitrogen and oxygen atoms in total. The third-order valence-corrected chi connectivity index (χ3v) is 0. The van der Waals surface area contributed by atoms with Gasteiger partial charge in [-0.25, -0.2) is 0 Å². The van der Waals surface area contributed by atoms with Crippen molar-refractivity contribution in [2.24, 2.45) is 0 Å². The molecule has 42 valence electrons. The monoisotopic (exact) mass is 186 g/mol. The van der Waals surface area contributed by atoms with Crippen LogP contribution < -0.4 is 10.2 Å². The van der Waals surface area contributed by atoms with Crippen LogP contribution >= 0.6 is 0 Å². The molecule has 0 amide bonds. The van der Waals surface area contributed by atoms with Crippen molar-refractivity contribution in [3.05, 3.63) is 0 Å². The van der Waals surface area contributed by atoms with E-state index in [9.17, 15) is 0 Å². The first kappa shape index (κ1) is 15.7. The second-order valence-electron chi connectivity index (χ2n) is 0.250. The number of hydrogen-bond acceptors (Lipinski definition) is 4. The van der Waals surface area contributed by atoms with Crippen molar-refractivity contribution >= 4 is 6.16 Å². The van der Waals surface area contributed by atoms with Crippen molar-refractivity contribution in [3.8, 4) is 0 Å². The third-order valence-electron chi connectivity index (χ3n) is 0. The molecule has 0 N–H and O–H groups in total. The number of hydrogen-bond donors (Lipinski definition) is 0. The molecule has 0 saturated carbocycles. The molecule has 0 bridgehead atoms. The van der Waals surface area contributed by atoms with Gasteiger partial charge in [0, 0.05) is 0 Å². The fourth-order valence-electron chi connectivity index (χ4n) is 0. The number of carbonyl (C=O) groups is 1. The van der Waals surface area contributed by atoms with Crippen LogP contribution in [0.15, 0.2) is 0 Å². The van der Waals surface area contributed by atoms with Crippen LogP contribution in [-0.4, -0.2) is 6.16 Å². The predicted octanol–water partition coefficient (Wildman–Crippen LogP) is -2.57. The van der Waals surface area contributed by atoms with Crippen LogP contribution in [0.4, 0.5) is 4.79 Å². The van der Waals surface area contributed by atoms with Crippen LogP contribution in [0.1, 0.15) is 0 Å². The van der Waals surface area contributed by atoms with Gasteiger partial charge < -0.3 is 15.0 Å². The Labute approximate surface area is 58.4 Å². The SMILES string of the molecule is O=C([O-])[O-].[Mn+2].[O]=[Mn]. The van der Waals surface area contributed by atoms with Crippen LogP contribution in [0.25, 0.3) is 0 Å². The van der Waals surface area contributed by atoms with E-state index < -0.39 is 6.16 Å². The van der Waals surface area contributed by atoms with Gasteiger partial charge in [0.2, 0.25) is 0 Å². The van der Waals surface area contributed by atoms with Crippen LogP contribution in [-0.2, 0) is 36.8 Å². The molecule has 0 fully saturated rings. The van der Waals surface area contributed by atoms with Crippen molar-refractivity contribution < 1.29 is 51.9 Å². The van der Waals surface area contributed by atoms with Gasteiger partial charge in [-0.05, 0) is 6.16 Å². The fraction of sp³-hybridized carbons (Fsp3) is 0. The zero-order chi connectivity index (χ0) is 5.58. The van der Waals surface area contributed by atoms with Crippen LogP contribution in [0.3, 0.4) is 0 Å². The molecule has 0 aromatic carbocycles. The second kappa shape index (κ2) is 16.5. The van der Waals surface area contributed by atoms with Crippen molar-refractivity contribution in [1.82, 2.24) is 0 Å². The van der Waals surface area contributed by atoms with E-state index in [0.717, 1.165) is 0 Å². The van der Waals surface area contributed by atoms with Crippen molar-refractivity contribution in [2.45, 2.75) is 0 Å². The molecule has 1 radical (unpaired) electrons. The molecule has 0 spiro atoms. The summed E-state index contributed by atoms with van der Waals surface area (Å²) in [6.45, 7) is 0. The first-order valence-corrected chi connectivity index (χ1v) is 1.25. The van der Waals surface area contributed by atoms with Gasteiger partial charge in [-0.15, -0.1) is 0 Å². The van der Waals surface area contributed by atoms with Gasteiger partial charge >= 0.3 is 36.8 Å². The Balaban J connectivity index is -0.0000000480. The molecule has 0 saturated heterocycles. The Morgan fingerprint density at radius 3 is 1.29 bits per heavy atom. The average Bonchev–Trinajstić information content (AvgIpc) is 1.41. The van der Waals surface area contributed by atoms with Gasteiger partial charge in [-0.2, -0.15) is 0 Å². The maximum atomic E-state index is 8.33. The first-order chi connectivity index (χ1) is 2.73. The van der Waals surface area contributed by atoms with E-state index in [1.165, 1.54) is 0 Å². The van der Waals surface area contributed by atoms with E-state index in [1.807, 2.05) is 0 Å². The van der Waals surface area contributed by atoms with Gasteiger partial charge in [-0.1, -0.05) is 0 Å². The maximum absolute atomic E-state index is 8.33. The molecule has 0 atom stereocenters. The van der Waals surface area contributed by atoms with Crippen LogP contribution in [0.2, 0.25) is 0 Å². The molecule has 0 rings (SSSR count). The minimum atomic E-state index is -2.33. The summed E-state index contributed by atoms with van der Waals surface area (Å²) in [7, 11) is 0. The van der Waals surface area contributed by atoms with Gasteiger partial charge in [0.05, 0.1) is 0 Å². The van der Waals surface area contributed by atoms with Crippen LogP contribution in [0.5, 0.6) is 0 Å². The molecule has 6 heteroatoms. The Kier molecular flexibility index (Phi) is 37.0. The van der Waals surface area contributed by atoms with E-state index in [0.29, 0.717) is 0 Å². The second-order valence-corrected chi connectivity index (χ2v) is 0.250. The number of rotatable bonds is 0. The summed E-state index contributed by atoms with van der Waals surface area (Å²) in [5.41, 5.74) is 0. The summed E-state index contributed by atoms with van der Waals surface area (Å²) in [5.74, 6) is 0. The number of carboxylic acid groups (broad SMARTS) is 2. The molecule has 0 aliphatic carbocycles. The minimum absolute atomic E-state index is 0. The van der Waals surface area contributed by atoms with Gasteiger partial charge in [-0.3, -0.25) is 0 Å². The quantitative estimate of drug-likeness (QED) is 0.389. The molecule has 0 heterocycles. The Hall–Kier alpha value is 0.109. The molecular formula is CMn2O4. The molecule has 7 heavy (non-hydrogen) atoms. The van der Waals surface area contributed by atoms with Crippen molar-refractivity contribution in [2.75, 3.05) is 0 Å². The standard InChI is InChI=1S/CH2O3.2Mn.O/c2-1(3)4;;;/h(H2,2,3,4);;;/q;;+2;/p-2. The van der Waals surface area contributed by atoms with E-state index in [2.05, 4.69) is 0 Å². The Morgan fingerprint density at radius 1 is 1.29 bits per heavy atom. The zero-order valence-corrected chi connectivity index (χ0v) is 5.25. The van der Waals surface area contributed by atoms with E-state index in [-0.39, 0.29) is 17.1 Å². The van der Waals surface area contributed by atoms with Gasteiger partial charge in [0.1, 0.15) is 0 Å². The summed E-state index contributed by atoms with van der Waals surface area (Å²) in [6.07, 6.45) is -2.33. The topological polar surface area (TPSA) is 80.3 Å². The molecule has 0 aromatic rings. The summed E-state index contributed by atoms with van der Waals surface area (Å²) in [6, 6.07) is 0. The van der Waals surface area contributed by atoms with E-state index in [4.69, 9.17) is 18.8 Å². The third kappa shape index (κ3) is 8690. The Morgan fingerprint density at radius 2 is 1.29 bits per heavy atom. The van der Waals surface area contributed by atoms with E-state index in [1.54, 1.807) is 15.9 Å². The summed E-state index contributed by atoms with van der Waals surface area (Å²) >= 11 is 1.69. The fourth-order valence-corrected chi connectivity index (χ4v) is 0. The van der Waals surface area contributed by atoms with Gasteiger partial charge in [0.15, 0.2) is 0 Å². The summed E-state index contributed by atoms with van der Waals surface area (Å²) in [4.78, 5) is 8.33. The van der Waals surface area contributed by atoms with Crippen molar-refractivity contribution in [1.29, 1.82) is 0 Å². The van der Waals surface area contributed by atoms with Crippen LogP contribution in [0, 0.1) is 0 Å². The zero-order valence-electron chi connectivity index (χ0n) is 2.89. The van der Waals surface area contributed by atoms with Gasteiger partial charge in [0.25, 0.3) is 0 Å². The molecule has 0 aromatic heterocycles. The molecule has 0 aliphatic rings. The molecular weight excluding hydrogens is 186 g/mol. The number of carbonyl (C=O) groups excluding carboxylic acids is 1. The van der Waals surface area contributed by atoms with E-state index >= 15 is 0 Å². The normalized spacial score (nSPS) is 4.00. The summed E-state index contributed by atoms with van der Waals surface area (Å²) in [5, 5.41) is 16.7. The summed E-state index contributed by atoms with van der Waals surface area (Å²) < 4.78 is 8.06. The first-order valence-electron chi connectivity index (χ1n) is 0.767. The van der Waals surface area contributed by atoms with Crippen molar-refractivity contribution in [3.63, 3.8) is 0 Å². The predicted molar refractivity (Wildman–Crippen MR) is 6.08 cm³/mol. The average molecular weight is 186 g/mol. The Bertz CT molecular complexity index is 41.0. The molecule has 0 aliphatic heterocycles. The molecule has 0 unspecified atom stereocenters.